The van der Waals surface area contributed by atoms with E-state index in [0.717, 1.165) is 6.07 Å². The van der Waals surface area contributed by atoms with Crippen LogP contribution in [0.15, 0.2) is 70.7 Å². The molecule has 3 aromatic rings. The number of hydrogen-bond donors (Lipinski definition) is 2. The monoisotopic (exact) mass is 499 g/mol. The number of hydrogen-bond acceptors (Lipinski definition) is 9. The maximum absolute atomic E-state index is 12.7. The van der Waals surface area contributed by atoms with E-state index in [-0.39, 0.29) is 22.0 Å². The predicted molar refractivity (Wildman–Crippen MR) is 131 cm³/mol. The molecule has 0 atom stereocenters. The van der Waals surface area contributed by atoms with Crippen molar-refractivity contribution in [1.29, 1.82) is 0 Å². The Balaban J connectivity index is 1.87. The first-order chi connectivity index (χ1) is 16.5. The first kappa shape index (κ1) is 25.1. The summed E-state index contributed by atoms with van der Waals surface area (Å²) in [5.74, 6) is 0.537. The highest BCUT2D eigenvalue weighted by Crippen LogP contribution is 2.29. The lowest BCUT2D eigenvalue weighted by atomic mass is 10.1. The quantitative estimate of drug-likeness (QED) is 0.247. The summed E-state index contributed by atoms with van der Waals surface area (Å²) in [7, 11) is -2.64. The molecular formula is C22H21N5O7S. The maximum atomic E-state index is 12.7. The van der Waals surface area contributed by atoms with Crippen molar-refractivity contribution < 1.29 is 23.0 Å². The largest absolute Gasteiger partial charge is 0.497 e. The molecule has 0 aliphatic rings. The fraction of sp³-hybridized carbons (Fsp3) is 0.136. The fourth-order valence-electron chi connectivity index (χ4n) is 3.04. The van der Waals surface area contributed by atoms with Crippen LogP contribution in [0.3, 0.4) is 0 Å². The van der Waals surface area contributed by atoms with Crippen molar-refractivity contribution in [3.05, 3.63) is 92.0 Å². The van der Waals surface area contributed by atoms with E-state index in [1.807, 2.05) is 0 Å². The molecule has 0 heterocycles. The number of methoxy groups -OCH3 is 1. The third-order valence-corrected chi connectivity index (χ3v) is 6.37. The number of nitrogens with one attached hydrogen (secondary N) is 2. The van der Waals surface area contributed by atoms with Crippen LogP contribution in [0.2, 0.25) is 0 Å². The van der Waals surface area contributed by atoms with Gasteiger partial charge in [0.05, 0.1) is 27.6 Å². The van der Waals surface area contributed by atoms with Crippen LogP contribution in [0.1, 0.15) is 18.1 Å². The Morgan fingerprint density at radius 1 is 0.943 bits per heavy atom. The maximum Gasteiger partial charge on any atom is 0.295 e. The number of sulfonamides is 1. The zero-order valence-corrected chi connectivity index (χ0v) is 19.7. The summed E-state index contributed by atoms with van der Waals surface area (Å²) in [4.78, 5) is 21.2. The lowest BCUT2D eigenvalue weighted by Crippen LogP contribution is -2.13. The molecule has 2 N–H and O–H groups in total. The van der Waals surface area contributed by atoms with Crippen LogP contribution in [-0.4, -0.2) is 31.1 Å². The molecular weight excluding hydrogens is 478 g/mol. The lowest BCUT2D eigenvalue weighted by Gasteiger charge is -2.10. The van der Waals surface area contributed by atoms with E-state index in [1.54, 1.807) is 38.1 Å². The van der Waals surface area contributed by atoms with Gasteiger partial charge in [0.1, 0.15) is 11.4 Å². The highest BCUT2D eigenvalue weighted by molar-refractivity contribution is 7.92. The molecule has 0 saturated heterocycles. The average Bonchev–Trinajstić information content (AvgIpc) is 2.82. The minimum Gasteiger partial charge on any atom is -0.497 e. The third kappa shape index (κ3) is 5.89. The van der Waals surface area contributed by atoms with Gasteiger partial charge in [-0.2, -0.15) is 5.10 Å². The zero-order valence-electron chi connectivity index (χ0n) is 18.9. The second kappa shape index (κ2) is 10.2. The molecule has 3 aromatic carbocycles. The third-order valence-electron chi connectivity index (χ3n) is 4.99. The first-order valence-corrected chi connectivity index (χ1v) is 11.5. The summed E-state index contributed by atoms with van der Waals surface area (Å²) in [6.45, 7) is 3.18. The van der Waals surface area contributed by atoms with Gasteiger partial charge in [-0.15, -0.1) is 0 Å². The van der Waals surface area contributed by atoms with Crippen LogP contribution < -0.4 is 14.9 Å². The van der Waals surface area contributed by atoms with E-state index in [1.165, 1.54) is 37.4 Å². The topological polar surface area (TPSA) is 166 Å². The van der Waals surface area contributed by atoms with Crippen molar-refractivity contribution in [2.75, 3.05) is 17.3 Å². The van der Waals surface area contributed by atoms with Crippen LogP contribution >= 0.6 is 0 Å². The van der Waals surface area contributed by atoms with Crippen LogP contribution in [-0.2, 0) is 10.0 Å². The van der Waals surface area contributed by atoms with Crippen LogP contribution in [0.5, 0.6) is 5.75 Å². The Hall–Kier alpha value is -4.52. The van der Waals surface area contributed by atoms with Gasteiger partial charge >= 0.3 is 0 Å². The van der Waals surface area contributed by atoms with Gasteiger partial charge in [0.2, 0.25) is 0 Å². The smallest absolute Gasteiger partial charge is 0.295 e. The molecule has 0 aliphatic carbocycles. The predicted octanol–water partition coefficient (Wildman–Crippen LogP) is 4.46. The molecule has 182 valence electrons. The molecule has 0 spiro atoms. The van der Waals surface area contributed by atoms with Gasteiger partial charge in [0.25, 0.3) is 21.4 Å². The Morgan fingerprint density at radius 3 is 2.20 bits per heavy atom. The normalized spacial score (nSPS) is 11.6. The van der Waals surface area contributed by atoms with Gasteiger partial charge in [0, 0.05) is 28.9 Å². The second-order valence-corrected chi connectivity index (χ2v) is 9.02. The number of benzene rings is 3. The van der Waals surface area contributed by atoms with Crippen molar-refractivity contribution in [3.63, 3.8) is 0 Å². The molecule has 35 heavy (non-hydrogen) atoms. The molecule has 3 rings (SSSR count). The summed E-state index contributed by atoms with van der Waals surface area (Å²) in [6, 6.07) is 14.0. The van der Waals surface area contributed by atoms with E-state index >= 15 is 0 Å². The van der Waals surface area contributed by atoms with Gasteiger partial charge in [-0.1, -0.05) is 12.1 Å². The van der Waals surface area contributed by atoms with Crippen molar-refractivity contribution in [2.24, 2.45) is 5.10 Å². The Morgan fingerprint density at radius 2 is 1.60 bits per heavy atom. The molecule has 12 nitrogen and oxygen atoms in total. The van der Waals surface area contributed by atoms with Crippen LogP contribution in [0.4, 0.5) is 22.7 Å². The van der Waals surface area contributed by atoms with Gasteiger partial charge in [0.15, 0.2) is 0 Å². The Labute approximate surface area is 200 Å². The molecule has 0 bridgehead atoms. The Kier molecular flexibility index (Phi) is 7.30. The SMILES string of the molecule is COc1ccc(NS(=O)(=O)c2ccc(NN=C(C)c3ccc(C)c([N+](=O)[O-])c3)c([N+](=O)[O-])c2)cc1. The van der Waals surface area contributed by atoms with Crippen molar-refractivity contribution in [2.45, 2.75) is 18.7 Å². The lowest BCUT2D eigenvalue weighted by molar-refractivity contribution is -0.385. The highest BCUT2D eigenvalue weighted by atomic mass is 32.2. The van der Waals surface area contributed by atoms with Crippen molar-refractivity contribution >= 4 is 38.5 Å². The minimum atomic E-state index is -4.12. The number of nitro benzene ring substituents is 2. The number of nitrogens with zero attached hydrogens (tertiary/aromatic N) is 3. The molecule has 0 radical (unpaired) electrons. The molecule has 0 aromatic heterocycles. The van der Waals surface area contributed by atoms with Crippen molar-refractivity contribution in [3.8, 4) is 5.75 Å². The number of ether oxygens (including phenoxy) is 1. The molecule has 0 fully saturated rings. The van der Waals surface area contributed by atoms with E-state index in [4.69, 9.17) is 4.74 Å². The standard InChI is InChI=1S/C22H21N5O7S/c1-14-4-5-16(12-21(14)26(28)29)15(2)23-24-20-11-10-19(13-22(20)27(30)31)35(32,33)25-17-6-8-18(34-3)9-7-17/h4-13,24-25H,1-3H3. The van der Waals surface area contributed by atoms with E-state index in [2.05, 4.69) is 15.2 Å². The van der Waals surface area contributed by atoms with E-state index in [0.29, 0.717) is 22.6 Å². The highest BCUT2D eigenvalue weighted by Gasteiger charge is 2.22. The number of aryl methyl sites for hydroxylation is 1. The molecule has 0 aliphatic heterocycles. The van der Waals surface area contributed by atoms with Gasteiger partial charge in [-0.3, -0.25) is 30.4 Å². The number of anilines is 2. The molecule has 13 heteroatoms. The van der Waals surface area contributed by atoms with Gasteiger partial charge in [-0.25, -0.2) is 8.42 Å². The molecule has 0 saturated carbocycles. The number of hydrazone groups is 1. The fourth-order valence-corrected chi connectivity index (χ4v) is 4.12. The molecule has 0 unspecified atom stereocenters. The van der Waals surface area contributed by atoms with Gasteiger partial charge < -0.3 is 4.74 Å². The zero-order chi connectivity index (χ0) is 25.8. The average molecular weight is 500 g/mol. The summed E-state index contributed by atoms with van der Waals surface area (Å²) in [5.41, 5.74) is 3.40. The summed E-state index contributed by atoms with van der Waals surface area (Å²) in [6.07, 6.45) is 0. The van der Waals surface area contributed by atoms with E-state index in [9.17, 15) is 28.6 Å². The summed E-state index contributed by atoms with van der Waals surface area (Å²) in [5, 5.41) is 26.9. The summed E-state index contributed by atoms with van der Waals surface area (Å²) >= 11 is 0. The number of nitro groups is 2. The van der Waals surface area contributed by atoms with Gasteiger partial charge in [-0.05, 0) is 50.2 Å². The Bertz CT molecular complexity index is 1420. The number of rotatable bonds is 9. The first-order valence-electron chi connectivity index (χ1n) is 10.0. The van der Waals surface area contributed by atoms with Crippen LogP contribution in [0.25, 0.3) is 0 Å². The summed E-state index contributed by atoms with van der Waals surface area (Å²) < 4.78 is 32.9. The second-order valence-electron chi connectivity index (χ2n) is 7.34. The molecule has 0 amide bonds. The van der Waals surface area contributed by atoms with E-state index < -0.39 is 25.6 Å². The van der Waals surface area contributed by atoms with Crippen LogP contribution in [0, 0.1) is 27.2 Å². The minimum absolute atomic E-state index is 0.0561. The van der Waals surface area contributed by atoms with Crippen molar-refractivity contribution in [1.82, 2.24) is 0 Å².